The van der Waals surface area contributed by atoms with Crippen molar-refractivity contribution in [1.82, 2.24) is 25.1 Å². The highest BCUT2D eigenvalue weighted by molar-refractivity contribution is 5.83. The van der Waals surface area contributed by atoms with Crippen molar-refractivity contribution < 1.29 is 9.53 Å². The molecule has 10 heteroatoms. The van der Waals surface area contributed by atoms with Gasteiger partial charge in [-0.3, -0.25) is 9.48 Å². The molecule has 2 fully saturated rings. The first-order valence-electron chi connectivity index (χ1n) is 11.0. The predicted octanol–water partition coefficient (Wildman–Crippen LogP) is 1.52. The van der Waals surface area contributed by atoms with E-state index in [1.807, 2.05) is 18.2 Å². The number of ether oxygens (including phenoxy) is 1. The minimum atomic E-state index is -0.0869. The number of carbonyl (C=O) groups excluding carboxylic acids is 1. The normalized spacial score (nSPS) is 18.5. The molecule has 0 aliphatic carbocycles. The van der Waals surface area contributed by atoms with Gasteiger partial charge in [0.2, 0.25) is 11.9 Å². The third kappa shape index (κ3) is 4.40. The molecule has 4 N–H and O–H groups in total. The Balaban J connectivity index is 1.28. The zero-order chi connectivity index (χ0) is 22.8. The number of rotatable bonds is 6. The van der Waals surface area contributed by atoms with Gasteiger partial charge in [-0.15, -0.1) is 6.42 Å². The molecule has 170 valence electrons. The summed E-state index contributed by atoms with van der Waals surface area (Å²) in [6, 6.07) is 5.98. The lowest BCUT2D eigenvalue weighted by molar-refractivity contribution is -0.129. The van der Waals surface area contributed by atoms with Crippen LogP contribution in [-0.4, -0.2) is 58.0 Å². The molecule has 0 saturated carbocycles. The first-order chi connectivity index (χ1) is 16.1. The van der Waals surface area contributed by atoms with Crippen LogP contribution < -0.4 is 21.3 Å². The lowest BCUT2D eigenvalue weighted by atomic mass is 9.96. The van der Waals surface area contributed by atoms with Crippen molar-refractivity contribution in [3.8, 4) is 12.3 Å². The molecule has 2 aliphatic rings. The van der Waals surface area contributed by atoms with Gasteiger partial charge in [0.25, 0.3) is 0 Å². The van der Waals surface area contributed by atoms with Gasteiger partial charge in [0.1, 0.15) is 6.54 Å². The van der Waals surface area contributed by atoms with Gasteiger partial charge in [-0.05, 0) is 31.0 Å². The lowest BCUT2D eigenvalue weighted by Gasteiger charge is -2.35. The Morgan fingerprint density at radius 1 is 1.33 bits per heavy atom. The minimum absolute atomic E-state index is 0.0743. The van der Waals surface area contributed by atoms with Gasteiger partial charge < -0.3 is 26.0 Å². The maximum absolute atomic E-state index is 12.6. The van der Waals surface area contributed by atoms with Gasteiger partial charge in [-0.2, -0.15) is 10.1 Å². The van der Waals surface area contributed by atoms with Crippen molar-refractivity contribution in [2.24, 2.45) is 5.92 Å². The summed E-state index contributed by atoms with van der Waals surface area (Å²) in [6.07, 6.45) is 10.7. The second kappa shape index (κ2) is 8.96. The Kier molecular flexibility index (Phi) is 5.71. The van der Waals surface area contributed by atoms with E-state index < -0.39 is 0 Å². The van der Waals surface area contributed by atoms with Gasteiger partial charge in [0.05, 0.1) is 48.8 Å². The Bertz CT molecular complexity index is 1210. The number of amides is 1. The number of nitrogens with two attached hydrogens (primary N) is 1. The van der Waals surface area contributed by atoms with Crippen LogP contribution in [-0.2, 0) is 16.1 Å². The fourth-order valence-corrected chi connectivity index (χ4v) is 4.23. The van der Waals surface area contributed by atoms with Gasteiger partial charge in [-0.1, -0.05) is 5.92 Å². The quantitative estimate of drug-likeness (QED) is 0.487. The Morgan fingerprint density at radius 3 is 2.97 bits per heavy atom. The van der Waals surface area contributed by atoms with Crippen molar-refractivity contribution in [3.05, 3.63) is 30.6 Å². The molecule has 5 rings (SSSR count). The van der Waals surface area contributed by atoms with Crippen LogP contribution in [0.3, 0.4) is 0 Å². The number of benzene rings is 1. The largest absolute Gasteiger partial charge is 0.382 e. The zero-order valence-electron chi connectivity index (χ0n) is 18.2. The number of aromatic nitrogens is 4. The molecule has 0 unspecified atom stereocenters. The highest BCUT2D eigenvalue weighted by Gasteiger charge is 2.30. The summed E-state index contributed by atoms with van der Waals surface area (Å²) in [5, 5.41) is 11.6. The van der Waals surface area contributed by atoms with E-state index in [2.05, 4.69) is 36.5 Å². The van der Waals surface area contributed by atoms with Crippen molar-refractivity contribution >= 4 is 40.0 Å². The van der Waals surface area contributed by atoms with Crippen LogP contribution in [0.4, 0.5) is 23.1 Å². The van der Waals surface area contributed by atoms with E-state index in [1.165, 1.54) is 0 Å². The van der Waals surface area contributed by atoms with Crippen molar-refractivity contribution in [2.45, 2.75) is 25.4 Å². The Morgan fingerprint density at radius 2 is 2.21 bits per heavy atom. The number of carbonyl (C=O) groups is 1. The molecule has 2 aromatic heterocycles. The Hall–Kier alpha value is -3.84. The molecule has 1 amide bonds. The highest BCUT2D eigenvalue weighted by Crippen LogP contribution is 2.28. The second-order valence-corrected chi connectivity index (χ2v) is 8.40. The number of hydrogen-bond acceptors (Lipinski definition) is 8. The summed E-state index contributed by atoms with van der Waals surface area (Å²) in [6.45, 7) is 2.99. The molecular weight excluding hydrogens is 420 g/mol. The molecule has 2 saturated heterocycles. The van der Waals surface area contributed by atoms with Crippen LogP contribution >= 0.6 is 0 Å². The van der Waals surface area contributed by atoms with E-state index in [-0.39, 0.29) is 17.9 Å². The molecule has 3 aromatic rings. The molecule has 10 nitrogen and oxygen atoms in total. The first-order valence-corrected chi connectivity index (χ1v) is 11.0. The molecule has 0 bridgehead atoms. The van der Waals surface area contributed by atoms with Crippen molar-refractivity contribution in [1.29, 1.82) is 0 Å². The molecule has 1 aromatic carbocycles. The average molecular weight is 447 g/mol. The molecule has 0 radical (unpaired) electrons. The fraction of sp³-hybridized carbons (Fsp3) is 0.391. The topological polar surface area (TPSA) is 123 Å². The summed E-state index contributed by atoms with van der Waals surface area (Å²) in [4.78, 5) is 23.6. The van der Waals surface area contributed by atoms with Crippen molar-refractivity contribution in [2.75, 3.05) is 42.3 Å². The summed E-state index contributed by atoms with van der Waals surface area (Å²) in [5.74, 6) is 3.36. The van der Waals surface area contributed by atoms with E-state index >= 15 is 0 Å². The third-order valence-corrected chi connectivity index (χ3v) is 6.06. The maximum atomic E-state index is 12.6. The second-order valence-electron chi connectivity index (χ2n) is 8.40. The summed E-state index contributed by atoms with van der Waals surface area (Å²) >= 11 is 0. The molecule has 1 atom stereocenters. The minimum Gasteiger partial charge on any atom is -0.382 e. The fourth-order valence-electron chi connectivity index (χ4n) is 4.23. The molecule has 33 heavy (non-hydrogen) atoms. The standard InChI is InChI=1S/C23H26N8O2/c1-2-7-31-19-9-17(6-5-15(19)10-26-31)28-23-25-11-20(21(24)29-23)30-8-3-4-16(12-30)22(32)27-18-13-33-14-18/h1,5-6,9-11,16,18H,3-4,7-8,12-14H2,(H,27,32)(H3,24,25,28,29)/t16-/m0/s1. The molecule has 4 heterocycles. The number of anilines is 4. The van der Waals surface area contributed by atoms with Crippen LogP contribution in [0.2, 0.25) is 0 Å². The van der Waals surface area contributed by atoms with E-state index in [4.69, 9.17) is 16.9 Å². The number of hydrogen-bond donors (Lipinski definition) is 3. The number of piperidine rings is 1. The SMILES string of the molecule is C#CCn1ncc2ccc(Nc3ncc(N4CCC[C@H](C(=O)NC5COC5)C4)c(N)n3)cc21. The van der Waals surface area contributed by atoms with Gasteiger partial charge >= 0.3 is 0 Å². The van der Waals surface area contributed by atoms with Gasteiger partial charge in [0.15, 0.2) is 5.82 Å². The monoisotopic (exact) mass is 446 g/mol. The van der Waals surface area contributed by atoms with Crippen LogP contribution in [0, 0.1) is 18.3 Å². The number of terminal acetylenes is 1. The third-order valence-electron chi connectivity index (χ3n) is 6.06. The summed E-state index contributed by atoms with van der Waals surface area (Å²) in [5.41, 5.74) is 8.77. The molecular formula is C23H26N8O2. The Labute approximate surface area is 191 Å². The van der Waals surface area contributed by atoms with Crippen LogP contribution in [0.5, 0.6) is 0 Å². The maximum Gasteiger partial charge on any atom is 0.229 e. The van der Waals surface area contributed by atoms with Crippen LogP contribution in [0.15, 0.2) is 30.6 Å². The van der Waals surface area contributed by atoms with E-state index in [0.717, 1.165) is 41.7 Å². The number of nitrogens with one attached hydrogen (secondary N) is 2. The lowest BCUT2D eigenvalue weighted by Crippen LogP contribution is -2.52. The number of fused-ring (bicyclic) bond motifs is 1. The zero-order valence-corrected chi connectivity index (χ0v) is 18.2. The average Bonchev–Trinajstić information content (AvgIpc) is 3.19. The molecule has 2 aliphatic heterocycles. The summed E-state index contributed by atoms with van der Waals surface area (Å²) in [7, 11) is 0. The van der Waals surface area contributed by atoms with Crippen LogP contribution in [0.1, 0.15) is 12.8 Å². The highest BCUT2D eigenvalue weighted by atomic mass is 16.5. The number of nitrogens with zero attached hydrogens (tertiary/aromatic N) is 5. The predicted molar refractivity (Wildman–Crippen MR) is 126 cm³/mol. The van der Waals surface area contributed by atoms with Gasteiger partial charge in [0, 0.05) is 24.2 Å². The van der Waals surface area contributed by atoms with E-state index in [9.17, 15) is 4.79 Å². The van der Waals surface area contributed by atoms with E-state index in [0.29, 0.717) is 38.1 Å². The van der Waals surface area contributed by atoms with Crippen LogP contribution in [0.25, 0.3) is 10.9 Å². The molecule has 0 spiro atoms. The first kappa shape index (κ1) is 21.0. The number of nitrogen functional groups attached to an aromatic ring is 1. The smallest absolute Gasteiger partial charge is 0.229 e. The van der Waals surface area contributed by atoms with E-state index in [1.54, 1.807) is 17.1 Å². The van der Waals surface area contributed by atoms with Gasteiger partial charge in [-0.25, -0.2) is 4.98 Å². The van der Waals surface area contributed by atoms with Crippen molar-refractivity contribution in [3.63, 3.8) is 0 Å². The summed E-state index contributed by atoms with van der Waals surface area (Å²) < 4.78 is 6.90.